The van der Waals surface area contributed by atoms with Gasteiger partial charge in [0, 0.05) is 11.1 Å². The molecule has 31 heavy (non-hydrogen) atoms. The Morgan fingerprint density at radius 3 is 2.32 bits per heavy atom. The molecule has 4 aromatic rings. The number of rotatable bonds is 6. The van der Waals surface area contributed by atoms with Gasteiger partial charge in [-0.3, -0.25) is 4.79 Å². The lowest BCUT2D eigenvalue weighted by atomic mass is 9.92. The highest BCUT2D eigenvalue weighted by atomic mass is 16.5. The Bertz CT molecular complexity index is 1220. The zero-order valence-electron chi connectivity index (χ0n) is 17.3. The second-order valence-electron chi connectivity index (χ2n) is 7.13. The van der Waals surface area contributed by atoms with Crippen LogP contribution in [0.15, 0.2) is 84.9 Å². The van der Waals surface area contributed by atoms with Crippen LogP contribution in [-0.4, -0.2) is 25.2 Å². The van der Waals surface area contributed by atoms with Crippen LogP contribution in [0.5, 0.6) is 17.2 Å². The summed E-state index contributed by atoms with van der Waals surface area (Å²) in [6.07, 6.45) is 0. The van der Waals surface area contributed by atoms with Crippen LogP contribution in [0.3, 0.4) is 0 Å². The van der Waals surface area contributed by atoms with E-state index in [1.54, 1.807) is 44.6 Å². The van der Waals surface area contributed by atoms with Crippen LogP contribution in [0, 0.1) is 0 Å². The second kappa shape index (κ2) is 8.79. The van der Waals surface area contributed by atoms with E-state index in [4.69, 9.17) is 9.47 Å². The highest BCUT2D eigenvalue weighted by Gasteiger charge is 2.23. The SMILES string of the molecule is COc1ccc([C@H](NC(=O)c2cccc(OC)c2)c2c(O)ccc3ccccc23)cc1. The summed E-state index contributed by atoms with van der Waals surface area (Å²) >= 11 is 0. The van der Waals surface area contributed by atoms with E-state index in [0.29, 0.717) is 22.6 Å². The molecule has 0 aliphatic rings. The molecule has 156 valence electrons. The van der Waals surface area contributed by atoms with Crippen LogP contribution >= 0.6 is 0 Å². The number of ether oxygens (including phenoxy) is 2. The average Bonchev–Trinajstić information content (AvgIpc) is 2.83. The highest BCUT2D eigenvalue weighted by molar-refractivity contribution is 5.96. The summed E-state index contributed by atoms with van der Waals surface area (Å²) in [5, 5.41) is 15.7. The van der Waals surface area contributed by atoms with Gasteiger partial charge in [0.05, 0.1) is 20.3 Å². The number of amides is 1. The Kier molecular flexibility index (Phi) is 5.76. The van der Waals surface area contributed by atoms with E-state index < -0.39 is 6.04 Å². The lowest BCUT2D eigenvalue weighted by Gasteiger charge is -2.23. The van der Waals surface area contributed by atoms with Gasteiger partial charge in [-0.2, -0.15) is 0 Å². The molecule has 0 spiro atoms. The van der Waals surface area contributed by atoms with Gasteiger partial charge in [0.2, 0.25) is 0 Å². The normalized spacial score (nSPS) is 11.7. The summed E-state index contributed by atoms with van der Waals surface area (Å²) < 4.78 is 10.5. The molecule has 0 heterocycles. The smallest absolute Gasteiger partial charge is 0.252 e. The van der Waals surface area contributed by atoms with Gasteiger partial charge in [-0.05, 0) is 52.7 Å². The molecule has 2 N–H and O–H groups in total. The Morgan fingerprint density at radius 1 is 0.839 bits per heavy atom. The van der Waals surface area contributed by atoms with Crippen molar-refractivity contribution in [2.24, 2.45) is 0 Å². The summed E-state index contributed by atoms with van der Waals surface area (Å²) in [7, 11) is 3.17. The number of carbonyl (C=O) groups excluding carboxylic acids is 1. The van der Waals surface area contributed by atoms with Crippen molar-refractivity contribution in [1.29, 1.82) is 0 Å². The third kappa shape index (κ3) is 4.16. The minimum absolute atomic E-state index is 0.116. The van der Waals surface area contributed by atoms with Crippen molar-refractivity contribution in [3.63, 3.8) is 0 Å². The summed E-state index contributed by atoms with van der Waals surface area (Å²) in [5.41, 5.74) is 1.93. The van der Waals surface area contributed by atoms with Crippen molar-refractivity contribution in [3.05, 3.63) is 102 Å². The molecule has 0 aromatic heterocycles. The van der Waals surface area contributed by atoms with Gasteiger partial charge in [0.25, 0.3) is 5.91 Å². The van der Waals surface area contributed by atoms with Gasteiger partial charge in [0.15, 0.2) is 0 Å². The third-order valence-electron chi connectivity index (χ3n) is 5.29. The molecule has 0 fully saturated rings. The highest BCUT2D eigenvalue weighted by Crippen LogP contribution is 2.36. The predicted octanol–water partition coefficient (Wildman–Crippen LogP) is 5.08. The molecule has 0 radical (unpaired) electrons. The van der Waals surface area contributed by atoms with Gasteiger partial charge in [-0.15, -0.1) is 0 Å². The fourth-order valence-electron chi connectivity index (χ4n) is 3.68. The zero-order chi connectivity index (χ0) is 21.8. The van der Waals surface area contributed by atoms with Crippen LogP contribution < -0.4 is 14.8 Å². The Balaban J connectivity index is 1.82. The van der Waals surface area contributed by atoms with Crippen molar-refractivity contribution in [1.82, 2.24) is 5.32 Å². The topological polar surface area (TPSA) is 67.8 Å². The van der Waals surface area contributed by atoms with Crippen LogP contribution in [0.1, 0.15) is 27.5 Å². The molecule has 5 heteroatoms. The van der Waals surface area contributed by atoms with E-state index >= 15 is 0 Å². The van der Waals surface area contributed by atoms with E-state index in [1.165, 1.54) is 0 Å². The summed E-state index contributed by atoms with van der Waals surface area (Å²) in [6.45, 7) is 0. The molecule has 0 saturated heterocycles. The van der Waals surface area contributed by atoms with Crippen LogP contribution in [0.4, 0.5) is 0 Å². The van der Waals surface area contributed by atoms with Crippen molar-refractivity contribution in [2.75, 3.05) is 14.2 Å². The number of aromatic hydroxyl groups is 1. The number of methoxy groups -OCH3 is 2. The number of carbonyl (C=O) groups is 1. The van der Waals surface area contributed by atoms with Crippen LogP contribution in [-0.2, 0) is 0 Å². The number of benzene rings is 4. The molecule has 4 aromatic carbocycles. The van der Waals surface area contributed by atoms with Gasteiger partial charge >= 0.3 is 0 Å². The van der Waals surface area contributed by atoms with Crippen molar-refractivity contribution in [2.45, 2.75) is 6.04 Å². The number of hydrogen-bond donors (Lipinski definition) is 2. The molecule has 5 nitrogen and oxygen atoms in total. The van der Waals surface area contributed by atoms with Crippen LogP contribution in [0.25, 0.3) is 10.8 Å². The Hall–Kier alpha value is -3.99. The minimum Gasteiger partial charge on any atom is -0.508 e. The van der Waals surface area contributed by atoms with Gasteiger partial charge in [-0.1, -0.05) is 48.5 Å². The molecule has 0 bridgehead atoms. The maximum atomic E-state index is 13.2. The summed E-state index contributed by atoms with van der Waals surface area (Å²) in [5.74, 6) is 1.16. The molecular formula is C26H23NO4. The van der Waals surface area contributed by atoms with Crippen molar-refractivity contribution < 1.29 is 19.4 Å². The molecule has 1 atom stereocenters. The van der Waals surface area contributed by atoms with Gasteiger partial charge < -0.3 is 19.9 Å². The van der Waals surface area contributed by atoms with Crippen molar-refractivity contribution >= 4 is 16.7 Å². The monoisotopic (exact) mass is 413 g/mol. The Morgan fingerprint density at radius 2 is 1.58 bits per heavy atom. The maximum Gasteiger partial charge on any atom is 0.252 e. The average molecular weight is 413 g/mol. The van der Waals surface area contributed by atoms with E-state index in [2.05, 4.69) is 5.32 Å². The second-order valence-corrected chi connectivity index (χ2v) is 7.13. The first-order valence-corrected chi connectivity index (χ1v) is 9.90. The van der Waals surface area contributed by atoms with Gasteiger partial charge in [-0.25, -0.2) is 0 Å². The predicted molar refractivity (Wildman–Crippen MR) is 121 cm³/mol. The van der Waals surface area contributed by atoms with Gasteiger partial charge in [0.1, 0.15) is 17.2 Å². The maximum absolute atomic E-state index is 13.2. The molecule has 0 aliphatic heterocycles. The summed E-state index contributed by atoms with van der Waals surface area (Å²) in [6, 6.07) is 25.1. The molecule has 1 amide bonds. The molecule has 0 unspecified atom stereocenters. The van der Waals surface area contributed by atoms with E-state index in [1.807, 2.05) is 54.6 Å². The number of phenolic OH excluding ortho intramolecular Hbond substituents is 1. The largest absolute Gasteiger partial charge is 0.508 e. The quantitative estimate of drug-likeness (QED) is 0.462. The zero-order valence-corrected chi connectivity index (χ0v) is 17.3. The fourth-order valence-corrected chi connectivity index (χ4v) is 3.68. The molecule has 4 rings (SSSR count). The third-order valence-corrected chi connectivity index (χ3v) is 5.29. The first-order valence-electron chi connectivity index (χ1n) is 9.90. The number of phenols is 1. The first-order chi connectivity index (χ1) is 15.1. The molecule has 0 aliphatic carbocycles. The minimum atomic E-state index is -0.573. The molecular weight excluding hydrogens is 390 g/mol. The number of hydrogen-bond acceptors (Lipinski definition) is 4. The first kappa shape index (κ1) is 20.3. The lowest BCUT2D eigenvalue weighted by molar-refractivity contribution is 0.0942. The Labute approximate surface area is 180 Å². The molecule has 0 saturated carbocycles. The lowest BCUT2D eigenvalue weighted by Crippen LogP contribution is -2.29. The van der Waals surface area contributed by atoms with E-state index in [-0.39, 0.29) is 11.7 Å². The van der Waals surface area contributed by atoms with E-state index in [9.17, 15) is 9.90 Å². The summed E-state index contributed by atoms with van der Waals surface area (Å²) in [4.78, 5) is 13.2. The fraction of sp³-hybridized carbons (Fsp3) is 0.115. The van der Waals surface area contributed by atoms with Crippen LogP contribution in [0.2, 0.25) is 0 Å². The standard InChI is InChI=1S/C26H23NO4/c1-30-20-13-10-18(11-14-20)25(27-26(29)19-7-5-8-21(16-19)31-2)24-22-9-4-3-6-17(22)12-15-23(24)28/h3-16,25,28H,1-2H3,(H,27,29)/t25-/m0/s1. The number of fused-ring (bicyclic) bond motifs is 1. The van der Waals surface area contributed by atoms with Crippen molar-refractivity contribution in [3.8, 4) is 17.2 Å². The van der Waals surface area contributed by atoms with E-state index in [0.717, 1.165) is 16.3 Å². The number of nitrogens with one attached hydrogen (secondary N) is 1.